The molecule has 7 heteroatoms. The first-order valence-corrected chi connectivity index (χ1v) is 9.82. The van der Waals surface area contributed by atoms with Gasteiger partial charge in [0.1, 0.15) is 5.57 Å². The predicted octanol–water partition coefficient (Wildman–Crippen LogP) is 3.93. The smallest absolute Gasteiger partial charge is 0.335 e. The third kappa shape index (κ3) is 3.11. The summed E-state index contributed by atoms with van der Waals surface area (Å²) >= 11 is 2.14. The molecule has 3 aromatic rings. The average Bonchev–Trinajstić information content (AvgIpc) is 3.04. The summed E-state index contributed by atoms with van der Waals surface area (Å²) in [7, 11) is 0. The van der Waals surface area contributed by atoms with Gasteiger partial charge in [0.25, 0.3) is 11.8 Å². The van der Waals surface area contributed by atoms with Crippen LogP contribution in [0.15, 0.2) is 60.3 Å². The number of nitrogens with zero attached hydrogens (tertiary/aromatic N) is 2. The van der Waals surface area contributed by atoms with Crippen LogP contribution in [0, 0.1) is 3.57 Å². The van der Waals surface area contributed by atoms with Crippen LogP contribution in [0.4, 0.5) is 10.5 Å². The molecule has 2 aromatic carbocycles. The molecule has 4 rings (SSSR count). The van der Waals surface area contributed by atoms with E-state index in [0.717, 1.165) is 31.5 Å². The number of halogens is 1. The molecule has 0 bridgehead atoms. The summed E-state index contributed by atoms with van der Waals surface area (Å²) in [5.41, 5.74) is 2.12. The van der Waals surface area contributed by atoms with Gasteiger partial charge in [-0.05, 0) is 65.9 Å². The van der Waals surface area contributed by atoms with E-state index in [9.17, 15) is 14.4 Å². The molecule has 0 atom stereocenters. The van der Waals surface area contributed by atoms with E-state index < -0.39 is 17.8 Å². The van der Waals surface area contributed by atoms with Crippen molar-refractivity contribution in [2.24, 2.45) is 0 Å². The Hall–Kier alpha value is -2.94. The van der Waals surface area contributed by atoms with Gasteiger partial charge in [-0.25, -0.2) is 9.69 Å². The number of hydrogen-bond donors (Lipinski definition) is 1. The van der Waals surface area contributed by atoms with Crippen LogP contribution in [0.25, 0.3) is 17.0 Å². The Morgan fingerprint density at radius 1 is 1.04 bits per heavy atom. The zero-order valence-corrected chi connectivity index (χ0v) is 17.1. The highest BCUT2D eigenvalue weighted by atomic mass is 127. The van der Waals surface area contributed by atoms with Gasteiger partial charge < -0.3 is 4.57 Å². The molecule has 140 valence electrons. The van der Waals surface area contributed by atoms with Crippen molar-refractivity contribution < 1.29 is 14.4 Å². The van der Waals surface area contributed by atoms with Gasteiger partial charge >= 0.3 is 6.03 Å². The van der Waals surface area contributed by atoms with Gasteiger partial charge in [-0.1, -0.05) is 18.2 Å². The van der Waals surface area contributed by atoms with Crippen LogP contribution in [-0.4, -0.2) is 22.4 Å². The number of imide groups is 2. The van der Waals surface area contributed by atoms with Crippen LogP contribution in [0.5, 0.6) is 0 Å². The first-order valence-electron chi connectivity index (χ1n) is 8.74. The number of benzene rings is 2. The van der Waals surface area contributed by atoms with Gasteiger partial charge in [-0.15, -0.1) is 0 Å². The molecule has 1 aliphatic rings. The summed E-state index contributed by atoms with van der Waals surface area (Å²) in [6.07, 6.45) is 3.46. The van der Waals surface area contributed by atoms with E-state index in [4.69, 9.17) is 0 Å². The largest absolute Gasteiger partial charge is 0.347 e. The summed E-state index contributed by atoms with van der Waals surface area (Å²) < 4.78 is 3.03. The number of carbonyl (C=O) groups is 3. The number of fused-ring (bicyclic) bond motifs is 1. The molecule has 1 aliphatic heterocycles. The van der Waals surface area contributed by atoms with Crippen molar-refractivity contribution in [3.63, 3.8) is 0 Å². The summed E-state index contributed by atoms with van der Waals surface area (Å²) in [5.74, 6) is -1.33. The maximum Gasteiger partial charge on any atom is 0.335 e. The fraction of sp³-hybridized carbons (Fsp3) is 0.0952. The quantitative estimate of drug-likeness (QED) is 0.347. The number of carbonyl (C=O) groups excluding carboxylic acids is 3. The molecule has 1 N–H and O–H groups in total. The van der Waals surface area contributed by atoms with Crippen LogP contribution >= 0.6 is 22.6 Å². The fourth-order valence-corrected chi connectivity index (χ4v) is 3.65. The Kier molecular flexibility index (Phi) is 4.76. The number of amides is 4. The Morgan fingerprint density at radius 3 is 2.46 bits per heavy atom. The second kappa shape index (κ2) is 7.23. The lowest BCUT2D eigenvalue weighted by atomic mass is 10.1. The number of aromatic nitrogens is 1. The van der Waals surface area contributed by atoms with Gasteiger partial charge in [-0.3, -0.25) is 14.9 Å². The first-order chi connectivity index (χ1) is 13.5. The van der Waals surface area contributed by atoms with Crippen molar-refractivity contribution in [2.45, 2.75) is 13.5 Å². The van der Waals surface area contributed by atoms with E-state index in [2.05, 4.69) is 32.5 Å². The topological polar surface area (TPSA) is 71.4 Å². The zero-order valence-electron chi connectivity index (χ0n) is 15.0. The van der Waals surface area contributed by atoms with Crippen molar-refractivity contribution in [1.29, 1.82) is 0 Å². The number of nitrogens with one attached hydrogen (secondary N) is 1. The minimum absolute atomic E-state index is 0.0721. The molecule has 0 spiro atoms. The molecule has 0 unspecified atom stereocenters. The van der Waals surface area contributed by atoms with E-state index in [1.54, 1.807) is 30.3 Å². The highest BCUT2D eigenvalue weighted by molar-refractivity contribution is 14.1. The molecule has 1 fully saturated rings. The van der Waals surface area contributed by atoms with Crippen molar-refractivity contribution in [1.82, 2.24) is 9.88 Å². The zero-order chi connectivity index (χ0) is 19.8. The van der Waals surface area contributed by atoms with E-state index in [1.807, 2.05) is 37.4 Å². The SMILES string of the molecule is CCn1cc(C=C2C(=O)NC(=O)N(c3ccc(I)cc3)C2=O)c2ccccc21. The van der Waals surface area contributed by atoms with E-state index >= 15 is 0 Å². The molecule has 28 heavy (non-hydrogen) atoms. The summed E-state index contributed by atoms with van der Waals surface area (Å²) in [5, 5.41) is 3.20. The third-order valence-electron chi connectivity index (χ3n) is 4.65. The molecular formula is C21H16IN3O3. The number of aryl methyl sites for hydroxylation is 1. The summed E-state index contributed by atoms with van der Waals surface area (Å²) in [6, 6.07) is 14.0. The number of hydrogen-bond acceptors (Lipinski definition) is 3. The highest BCUT2D eigenvalue weighted by Gasteiger charge is 2.36. The Balaban J connectivity index is 1.80. The molecule has 0 aliphatic carbocycles. The van der Waals surface area contributed by atoms with Crippen LogP contribution in [-0.2, 0) is 16.1 Å². The molecule has 0 saturated carbocycles. The minimum Gasteiger partial charge on any atom is -0.347 e. The van der Waals surface area contributed by atoms with Gasteiger partial charge in [0.15, 0.2) is 0 Å². The average molecular weight is 485 g/mol. The van der Waals surface area contributed by atoms with Gasteiger partial charge in [0.2, 0.25) is 0 Å². The molecule has 4 amide bonds. The Bertz CT molecular complexity index is 1150. The van der Waals surface area contributed by atoms with Crippen LogP contribution in [0.2, 0.25) is 0 Å². The van der Waals surface area contributed by atoms with Gasteiger partial charge in [0, 0.05) is 32.8 Å². The third-order valence-corrected chi connectivity index (χ3v) is 5.37. The maximum atomic E-state index is 13.0. The second-order valence-electron chi connectivity index (χ2n) is 6.32. The second-order valence-corrected chi connectivity index (χ2v) is 7.57. The number of rotatable bonds is 3. The Morgan fingerprint density at radius 2 is 1.75 bits per heavy atom. The lowest BCUT2D eigenvalue weighted by molar-refractivity contribution is -0.122. The van der Waals surface area contributed by atoms with Crippen LogP contribution < -0.4 is 10.2 Å². The van der Waals surface area contributed by atoms with Crippen molar-refractivity contribution in [3.8, 4) is 0 Å². The number of para-hydroxylation sites is 1. The molecule has 2 heterocycles. The van der Waals surface area contributed by atoms with Gasteiger partial charge in [0.05, 0.1) is 5.69 Å². The molecule has 0 radical (unpaired) electrons. The number of barbiturate groups is 1. The van der Waals surface area contributed by atoms with E-state index in [1.165, 1.54) is 0 Å². The molecule has 1 aromatic heterocycles. The molecular weight excluding hydrogens is 469 g/mol. The molecule has 6 nitrogen and oxygen atoms in total. The van der Waals surface area contributed by atoms with Crippen LogP contribution in [0.3, 0.4) is 0 Å². The van der Waals surface area contributed by atoms with Crippen molar-refractivity contribution >= 4 is 63.1 Å². The monoisotopic (exact) mass is 485 g/mol. The maximum absolute atomic E-state index is 13.0. The fourth-order valence-electron chi connectivity index (χ4n) is 3.29. The first kappa shape index (κ1) is 18.4. The highest BCUT2D eigenvalue weighted by Crippen LogP contribution is 2.26. The summed E-state index contributed by atoms with van der Waals surface area (Å²) in [6.45, 7) is 2.79. The van der Waals surface area contributed by atoms with Gasteiger partial charge in [-0.2, -0.15) is 0 Å². The van der Waals surface area contributed by atoms with Crippen LogP contribution in [0.1, 0.15) is 12.5 Å². The minimum atomic E-state index is -0.746. The van der Waals surface area contributed by atoms with E-state index in [0.29, 0.717) is 5.69 Å². The molecule has 1 saturated heterocycles. The number of anilines is 1. The summed E-state index contributed by atoms with van der Waals surface area (Å²) in [4.78, 5) is 38.7. The standard InChI is InChI=1S/C21H16IN3O3/c1-2-24-12-13(16-5-3-4-6-18(16)24)11-17-19(26)23-21(28)25(20(17)27)15-9-7-14(22)8-10-15/h3-12H,2H2,1H3,(H,23,26,28). The van der Waals surface area contributed by atoms with Crippen molar-refractivity contribution in [3.05, 3.63) is 69.4 Å². The van der Waals surface area contributed by atoms with E-state index in [-0.39, 0.29) is 5.57 Å². The normalized spacial score (nSPS) is 16.1. The predicted molar refractivity (Wildman–Crippen MR) is 116 cm³/mol. The lowest BCUT2D eigenvalue weighted by Crippen LogP contribution is -2.54. The number of urea groups is 1. The van der Waals surface area contributed by atoms with Crippen molar-refractivity contribution in [2.75, 3.05) is 4.90 Å². The lowest BCUT2D eigenvalue weighted by Gasteiger charge is -2.26. The Labute approximate surface area is 175 Å².